The van der Waals surface area contributed by atoms with E-state index in [4.69, 9.17) is 4.74 Å². The first kappa shape index (κ1) is 18.5. The van der Waals surface area contributed by atoms with Crippen LogP contribution in [0.4, 0.5) is 0 Å². The number of hydrogen-bond donors (Lipinski definition) is 1. The van der Waals surface area contributed by atoms with Crippen LogP contribution in [0.5, 0.6) is 5.75 Å². The van der Waals surface area contributed by atoms with Gasteiger partial charge in [0.15, 0.2) is 0 Å². The van der Waals surface area contributed by atoms with Crippen LogP contribution in [0.25, 0.3) is 0 Å². The van der Waals surface area contributed by atoms with Crippen molar-refractivity contribution in [3.8, 4) is 5.75 Å². The molecule has 1 heterocycles. The molecule has 0 saturated carbocycles. The normalized spacial score (nSPS) is 15.6. The van der Waals surface area contributed by atoms with E-state index in [1.54, 1.807) is 7.11 Å². The van der Waals surface area contributed by atoms with Crippen molar-refractivity contribution in [2.45, 2.75) is 32.9 Å². The quantitative estimate of drug-likeness (QED) is 0.865. The van der Waals surface area contributed by atoms with Gasteiger partial charge in [0, 0.05) is 19.0 Å². The molecule has 0 atom stereocenters. The van der Waals surface area contributed by atoms with Gasteiger partial charge in [-0.1, -0.05) is 42.0 Å². The predicted molar refractivity (Wildman–Crippen MR) is 104 cm³/mol. The van der Waals surface area contributed by atoms with Gasteiger partial charge in [0.2, 0.25) is 5.91 Å². The van der Waals surface area contributed by atoms with E-state index >= 15 is 0 Å². The molecule has 2 aromatic carbocycles. The summed E-state index contributed by atoms with van der Waals surface area (Å²) in [4.78, 5) is 14.9. The predicted octanol–water partition coefficient (Wildman–Crippen LogP) is 3.53. The maximum absolute atomic E-state index is 12.4. The Hall–Kier alpha value is -2.33. The fourth-order valence-corrected chi connectivity index (χ4v) is 3.38. The van der Waals surface area contributed by atoms with Gasteiger partial charge in [-0.2, -0.15) is 0 Å². The van der Waals surface area contributed by atoms with Gasteiger partial charge in [-0.3, -0.25) is 9.69 Å². The molecule has 26 heavy (non-hydrogen) atoms. The number of methoxy groups -OCH3 is 1. The van der Waals surface area contributed by atoms with E-state index in [9.17, 15) is 4.79 Å². The highest BCUT2D eigenvalue weighted by Crippen LogP contribution is 2.20. The number of benzene rings is 2. The van der Waals surface area contributed by atoms with E-state index in [1.165, 1.54) is 11.1 Å². The number of likely N-dealkylation sites (tertiary alicyclic amines) is 1. The summed E-state index contributed by atoms with van der Waals surface area (Å²) in [5.41, 5.74) is 3.73. The second-order valence-electron chi connectivity index (χ2n) is 7.10. The van der Waals surface area contributed by atoms with Crippen molar-refractivity contribution >= 4 is 5.91 Å². The lowest BCUT2D eigenvalue weighted by Crippen LogP contribution is -2.40. The van der Waals surface area contributed by atoms with Gasteiger partial charge >= 0.3 is 0 Å². The highest BCUT2D eigenvalue weighted by atomic mass is 16.5. The van der Waals surface area contributed by atoms with Crippen molar-refractivity contribution in [1.29, 1.82) is 0 Å². The van der Waals surface area contributed by atoms with Crippen LogP contribution in [-0.4, -0.2) is 31.0 Å². The van der Waals surface area contributed by atoms with E-state index in [0.29, 0.717) is 6.54 Å². The topological polar surface area (TPSA) is 41.6 Å². The Morgan fingerprint density at radius 3 is 2.27 bits per heavy atom. The SMILES string of the molecule is COc1ccc(CNC(=O)C2CCN(Cc3ccc(C)cc3)CC2)cc1. The second-order valence-corrected chi connectivity index (χ2v) is 7.10. The maximum atomic E-state index is 12.4. The number of rotatable bonds is 6. The molecule has 1 saturated heterocycles. The second kappa shape index (κ2) is 8.86. The zero-order valence-corrected chi connectivity index (χ0v) is 15.7. The van der Waals surface area contributed by atoms with E-state index < -0.39 is 0 Å². The molecule has 0 aliphatic carbocycles. The molecule has 1 N–H and O–H groups in total. The third-order valence-electron chi connectivity index (χ3n) is 5.11. The highest BCUT2D eigenvalue weighted by Gasteiger charge is 2.24. The van der Waals surface area contributed by atoms with Crippen LogP contribution in [0.1, 0.15) is 29.5 Å². The minimum atomic E-state index is 0.127. The summed E-state index contributed by atoms with van der Waals surface area (Å²) in [5, 5.41) is 3.08. The standard InChI is InChI=1S/C22H28N2O2/c1-17-3-5-19(6-4-17)16-24-13-11-20(12-14-24)22(25)23-15-18-7-9-21(26-2)10-8-18/h3-10,20H,11-16H2,1-2H3,(H,23,25). The average Bonchev–Trinajstić information content (AvgIpc) is 2.69. The van der Waals surface area contributed by atoms with Crippen LogP contribution in [0.3, 0.4) is 0 Å². The van der Waals surface area contributed by atoms with E-state index in [0.717, 1.165) is 43.8 Å². The molecule has 138 valence electrons. The average molecular weight is 352 g/mol. The molecule has 3 rings (SSSR count). The summed E-state index contributed by atoms with van der Waals surface area (Å²) in [6, 6.07) is 16.5. The van der Waals surface area contributed by atoms with Crippen molar-refractivity contribution in [3.63, 3.8) is 0 Å². The van der Waals surface area contributed by atoms with E-state index in [1.807, 2.05) is 24.3 Å². The first-order chi connectivity index (χ1) is 12.6. The number of aryl methyl sites for hydroxylation is 1. The summed E-state index contributed by atoms with van der Waals surface area (Å²) >= 11 is 0. The van der Waals surface area contributed by atoms with Gasteiger partial charge < -0.3 is 10.1 Å². The lowest BCUT2D eigenvalue weighted by Gasteiger charge is -2.31. The van der Waals surface area contributed by atoms with Gasteiger partial charge in [-0.25, -0.2) is 0 Å². The van der Waals surface area contributed by atoms with Crippen molar-refractivity contribution in [2.24, 2.45) is 5.92 Å². The Balaban J connectivity index is 1.42. The third-order valence-corrected chi connectivity index (χ3v) is 5.11. The van der Waals surface area contributed by atoms with Crippen LogP contribution in [0.15, 0.2) is 48.5 Å². The maximum Gasteiger partial charge on any atom is 0.223 e. The smallest absolute Gasteiger partial charge is 0.223 e. The molecule has 2 aromatic rings. The van der Waals surface area contributed by atoms with Crippen molar-refractivity contribution < 1.29 is 9.53 Å². The fraction of sp³-hybridized carbons (Fsp3) is 0.409. The molecule has 0 spiro atoms. The molecule has 1 aliphatic rings. The van der Waals surface area contributed by atoms with E-state index in [2.05, 4.69) is 41.4 Å². The van der Waals surface area contributed by atoms with Gasteiger partial charge in [0.25, 0.3) is 0 Å². The molecule has 1 amide bonds. The number of ether oxygens (including phenoxy) is 1. The molecule has 4 heteroatoms. The summed E-state index contributed by atoms with van der Waals surface area (Å²) in [6.07, 6.45) is 1.86. The summed E-state index contributed by atoms with van der Waals surface area (Å²) in [5.74, 6) is 1.14. The monoisotopic (exact) mass is 352 g/mol. The van der Waals surface area contributed by atoms with Gasteiger partial charge in [-0.05, 0) is 56.1 Å². The lowest BCUT2D eigenvalue weighted by atomic mass is 9.95. The van der Waals surface area contributed by atoms with Gasteiger partial charge in [0.1, 0.15) is 5.75 Å². The minimum absolute atomic E-state index is 0.127. The van der Waals surface area contributed by atoms with Crippen LogP contribution < -0.4 is 10.1 Å². The van der Waals surface area contributed by atoms with Crippen LogP contribution in [-0.2, 0) is 17.9 Å². The molecular weight excluding hydrogens is 324 g/mol. The molecule has 1 aliphatic heterocycles. The summed E-state index contributed by atoms with van der Waals surface area (Å²) in [6.45, 7) is 5.62. The molecule has 0 unspecified atom stereocenters. The Kier molecular flexibility index (Phi) is 6.29. The number of nitrogens with zero attached hydrogens (tertiary/aromatic N) is 1. The van der Waals surface area contributed by atoms with Gasteiger partial charge in [0.05, 0.1) is 7.11 Å². The van der Waals surface area contributed by atoms with Gasteiger partial charge in [-0.15, -0.1) is 0 Å². The lowest BCUT2D eigenvalue weighted by molar-refractivity contribution is -0.126. The van der Waals surface area contributed by atoms with Crippen LogP contribution in [0.2, 0.25) is 0 Å². The summed E-state index contributed by atoms with van der Waals surface area (Å²) in [7, 11) is 1.65. The van der Waals surface area contributed by atoms with E-state index in [-0.39, 0.29) is 11.8 Å². The van der Waals surface area contributed by atoms with Crippen LogP contribution in [0, 0.1) is 12.8 Å². The Labute approximate surface area is 156 Å². The molecule has 0 radical (unpaired) electrons. The fourth-order valence-electron chi connectivity index (χ4n) is 3.38. The zero-order chi connectivity index (χ0) is 18.4. The van der Waals surface area contributed by atoms with Crippen molar-refractivity contribution in [2.75, 3.05) is 20.2 Å². The largest absolute Gasteiger partial charge is 0.497 e. The number of nitrogens with one attached hydrogen (secondary N) is 1. The zero-order valence-electron chi connectivity index (χ0n) is 15.7. The van der Waals surface area contributed by atoms with Crippen LogP contribution >= 0.6 is 0 Å². The number of piperidine rings is 1. The molecule has 4 nitrogen and oxygen atoms in total. The Morgan fingerprint density at radius 2 is 1.65 bits per heavy atom. The first-order valence-corrected chi connectivity index (χ1v) is 9.32. The molecule has 0 aromatic heterocycles. The van der Waals surface area contributed by atoms with Crippen molar-refractivity contribution in [3.05, 3.63) is 65.2 Å². The number of hydrogen-bond acceptors (Lipinski definition) is 3. The summed E-state index contributed by atoms with van der Waals surface area (Å²) < 4.78 is 5.16. The highest BCUT2D eigenvalue weighted by molar-refractivity contribution is 5.78. The van der Waals surface area contributed by atoms with Crippen molar-refractivity contribution in [1.82, 2.24) is 10.2 Å². The number of carbonyl (C=O) groups is 1. The molecule has 0 bridgehead atoms. The molecule has 1 fully saturated rings. The third kappa shape index (κ3) is 5.09. The molecular formula is C22H28N2O2. The number of amides is 1. The Morgan fingerprint density at radius 1 is 1.04 bits per heavy atom. The minimum Gasteiger partial charge on any atom is -0.497 e. The first-order valence-electron chi connectivity index (χ1n) is 9.32. The Bertz CT molecular complexity index is 702. The number of carbonyl (C=O) groups excluding carboxylic acids is 1.